The van der Waals surface area contributed by atoms with Crippen LogP contribution in [-0.2, 0) is 6.42 Å². The summed E-state index contributed by atoms with van der Waals surface area (Å²) >= 11 is 6.03. The minimum atomic E-state index is 0.403. The lowest BCUT2D eigenvalue weighted by Gasteiger charge is -2.23. The maximum atomic E-state index is 10.2. The Bertz CT molecular complexity index is 591. The lowest BCUT2D eigenvalue weighted by molar-refractivity contribution is 0.371. The molecule has 0 saturated carbocycles. The van der Waals surface area contributed by atoms with Gasteiger partial charge in [-0.3, -0.25) is 0 Å². The van der Waals surface area contributed by atoms with Crippen molar-refractivity contribution in [1.29, 1.82) is 0 Å². The quantitative estimate of drug-likeness (QED) is 0.875. The molecule has 19 heavy (non-hydrogen) atoms. The van der Waals surface area contributed by atoms with Gasteiger partial charge in [-0.2, -0.15) is 0 Å². The van der Waals surface area contributed by atoms with Crippen LogP contribution in [0, 0.1) is 5.92 Å². The van der Waals surface area contributed by atoms with Crippen LogP contribution < -0.4 is 5.32 Å². The van der Waals surface area contributed by atoms with E-state index in [2.05, 4.69) is 5.32 Å². The Kier molecular flexibility index (Phi) is 3.63. The summed E-state index contributed by atoms with van der Waals surface area (Å²) in [6.45, 7) is 2.16. The monoisotopic (exact) mass is 275 g/mol. The van der Waals surface area contributed by atoms with E-state index < -0.39 is 0 Å². The average Bonchev–Trinajstić information content (AvgIpc) is 2.43. The predicted octanol–water partition coefficient (Wildman–Crippen LogP) is 3.74. The number of phenolic OH excluding ortho intramolecular Hbond substituents is 1. The average molecular weight is 276 g/mol. The summed E-state index contributed by atoms with van der Waals surface area (Å²) in [5.74, 6) is 1.02. The molecule has 1 saturated heterocycles. The zero-order valence-corrected chi connectivity index (χ0v) is 11.6. The fourth-order valence-corrected chi connectivity index (χ4v) is 3.14. The maximum absolute atomic E-state index is 10.2. The molecule has 0 aliphatic carbocycles. The summed E-state index contributed by atoms with van der Waals surface area (Å²) < 4.78 is 0. The number of rotatable bonds is 2. The van der Waals surface area contributed by atoms with Crippen LogP contribution in [0.1, 0.15) is 18.4 Å². The van der Waals surface area contributed by atoms with Gasteiger partial charge in [-0.25, -0.2) is 0 Å². The van der Waals surface area contributed by atoms with Crippen molar-refractivity contribution in [2.45, 2.75) is 19.3 Å². The summed E-state index contributed by atoms with van der Waals surface area (Å²) in [7, 11) is 0. The standard InChI is InChI=1S/C16H18ClNO/c17-13-4-5-14-12(9-13)3-6-16(19)15(14)8-11-2-1-7-18-10-11/h3-6,9,11,18-19H,1-2,7-8,10H2. The minimum absolute atomic E-state index is 0.403. The first kappa shape index (κ1) is 12.8. The number of halogens is 1. The van der Waals surface area contributed by atoms with E-state index in [9.17, 15) is 5.11 Å². The molecule has 3 heteroatoms. The number of aromatic hydroxyl groups is 1. The second kappa shape index (κ2) is 5.40. The van der Waals surface area contributed by atoms with Gasteiger partial charge in [0.15, 0.2) is 0 Å². The summed E-state index contributed by atoms with van der Waals surface area (Å²) in [6, 6.07) is 9.58. The van der Waals surface area contributed by atoms with E-state index in [0.717, 1.165) is 40.9 Å². The summed E-state index contributed by atoms with van der Waals surface area (Å²) in [6.07, 6.45) is 3.39. The number of hydrogen-bond acceptors (Lipinski definition) is 2. The second-order valence-electron chi connectivity index (χ2n) is 5.35. The third-order valence-electron chi connectivity index (χ3n) is 3.96. The van der Waals surface area contributed by atoms with Crippen molar-refractivity contribution in [3.8, 4) is 5.75 Å². The molecule has 1 unspecified atom stereocenters. The molecule has 0 bridgehead atoms. The van der Waals surface area contributed by atoms with E-state index in [1.54, 1.807) is 6.07 Å². The second-order valence-corrected chi connectivity index (χ2v) is 5.78. The Hall–Kier alpha value is -1.25. The molecule has 0 aromatic heterocycles. The van der Waals surface area contributed by atoms with Crippen LogP contribution in [0.5, 0.6) is 5.75 Å². The topological polar surface area (TPSA) is 32.3 Å². The van der Waals surface area contributed by atoms with Crippen molar-refractivity contribution >= 4 is 22.4 Å². The van der Waals surface area contributed by atoms with Gasteiger partial charge in [0.2, 0.25) is 0 Å². The van der Waals surface area contributed by atoms with E-state index in [1.165, 1.54) is 12.8 Å². The molecule has 2 aromatic carbocycles. The maximum Gasteiger partial charge on any atom is 0.119 e. The molecule has 1 fully saturated rings. The van der Waals surface area contributed by atoms with E-state index in [-0.39, 0.29) is 0 Å². The first-order chi connectivity index (χ1) is 9.24. The largest absolute Gasteiger partial charge is 0.508 e. The lowest BCUT2D eigenvalue weighted by atomic mass is 9.89. The summed E-state index contributed by atoms with van der Waals surface area (Å²) in [5, 5.41) is 16.5. The fraction of sp³-hybridized carbons (Fsp3) is 0.375. The number of hydrogen-bond donors (Lipinski definition) is 2. The zero-order chi connectivity index (χ0) is 13.2. The number of benzene rings is 2. The first-order valence-electron chi connectivity index (χ1n) is 6.85. The van der Waals surface area contributed by atoms with Gasteiger partial charge in [-0.05, 0) is 67.2 Å². The summed E-state index contributed by atoms with van der Waals surface area (Å²) in [4.78, 5) is 0. The van der Waals surface area contributed by atoms with Gasteiger partial charge in [0.05, 0.1) is 0 Å². The van der Waals surface area contributed by atoms with Crippen molar-refractivity contribution in [3.05, 3.63) is 40.9 Å². The molecule has 0 radical (unpaired) electrons. The molecule has 100 valence electrons. The molecule has 1 aliphatic rings. The van der Waals surface area contributed by atoms with Crippen LogP contribution in [0.25, 0.3) is 10.8 Å². The van der Waals surface area contributed by atoms with Crippen LogP contribution >= 0.6 is 11.6 Å². The Morgan fingerprint density at radius 2 is 2.16 bits per heavy atom. The van der Waals surface area contributed by atoms with Gasteiger partial charge in [0, 0.05) is 10.6 Å². The highest BCUT2D eigenvalue weighted by atomic mass is 35.5. The molecular formula is C16H18ClNO. The van der Waals surface area contributed by atoms with Crippen molar-refractivity contribution in [2.75, 3.05) is 13.1 Å². The summed E-state index contributed by atoms with van der Waals surface area (Å²) in [5.41, 5.74) is 1.06. The number of fused-ring (bicyclic) bond motifs is 1. The molecule has 2 N–H and O–H groups in total. The highest BCUT2D eigenvalue weighted by Crippen LogP contribution is 2.32. The zero-order valence-electron chi connectivity index (χ0n) is 10.8. The predicted molar refractivity (Wildman–Crippen MR) is 79.9 cm³/mol. The smallest absolute Gasteiger partial charge is 0.119 e. The molecule has 2 aromatic rings. The molecule has 1 aliphatic heterocycles. The van der Waals surface area contributed by atoms with Gasteiger partial charge in [0.25, 0.3) is 0 Å². The van der Waals surface area contributed by atoms with E-state index in [1.807, 2.05) is 24.3 Å². The molecule has 1 heterocycles. The van der Waals surface area contributed by atoms with E-state index in [0.29, 0.717) is 11.7 Å². The van der Waals surface area contributed by atoms with Crippen molar-refractivity contribution < 1.29 is 5.11 Å². The Morgan fingerprint density at radius 1 is 1.26 bits per heavy atom. The van der Waals surface area contributed by atoms with Crippen molar-refractivity contribution in [1.82, 2.24) is 5.32 Å². The third-order valence-corrected chi connectivity index (χ3v) is 4.20. The van der Waals surface area contributed by atoms with Gasteiger partial charge < -0.3 is 10.4 Å². The van der Waals surface area contributed by atoms with Crippen LogP contribution in [-0.4, -0.2) is 18.2 Å². The normalized spacial score (nSPS) is 19.7. The van der Waals surface area contributed by atoms with Crippen LogP contribution in [0.2, 0.25) is 5.02 Å². The number of phenols is 1. The Balaban J connectivity index is 1.98. The molecule has 0 spiro atoms. The minimum Gasteiger partial charge on any atom is -0.508 e. The van der Waals surface area contributed by atoms with Gasteiger partial charge in [0.1, 0.15) is 5.75 Å². The molecule has 1 atom stereocenters. The van der Waals surface area contributed by atoms with E-state index in [4.69, 9.17) is 11.6 Å². The SMILES string of the molecule is Oc1ccc2cc(Cl)ccc2c1CC1CCCNC1. The molecule has 3 rings (SSSR count). The van der Waals surface area contributed by atoms with Gasteiger partial charge in [-0.15, -0.1) is 0 Å². The third kappa shape index (κ3) is 2.70. The highest BCUT2D eigenvalue weighted by Gasteiger charge is 2.17. The molecule has 2 nitrogen and oxygen atoms in total. The van der Waals surface area contributed by atoms with Crippen molar-refractivity contribution in [2.24, 2.45) is 5.92 Å². The number of nitrogens with one attached hydrogen (secondary N) is 1. The number of piperidine rings is 1. The van der Waals surface area contributed by atoms with Crippen molar-refractivity contribution in [3.63, 3.8) is 0 Å². The lowest BCUT2D eigenvalue weighted by Crippen LogP contribution is -2.30. The Labute approximate surface area is 118 Å². The van der Waals surface area contributed by atoms with E-state index >= 15 is 0 Å². The van der Waals surface area contributed by atoms with Crippen LogP contribution in [0.3, 0.4) is 0 Å². The van der Waals surface area contributed by atoms with Gasteiger partial charge in [-0.1, -0.05) is 23.7 Å². The van der Waals surface area contributed by atoms with Crippen LogP contribution in [0.15, 0.2) is 30.3 Å². The van der Waals surface area contributed by atoms with Crippen LogP contribution in [0.4, 0.5) is 0 Å². The van der Waals surface area contributed by atoms with Gasteiger partial charge >= 0.3 is 0 Å². The first-order valence-corrected chi connectivity index (χ1v) is 7.22. The Morgan fingerprint density at radius 3 is 2.95 bits per heavy atom. The fourth-order valence-electron chi connectivity index (χ4n) is 2.95. The molecular weight excluding hydrogens is 258 g/mol. The highest BCUT2D eigenvalue weighted by molar-refractivity contribution is 6.31. The molecule has 0 amide bonds.